The molecule has 0 saturated carbocycles. The lowest BCUT2D eigenvalue weighted by atomic mass is 9.95. The fraction of sp³-hybridized carbons (Fsp3) is 0.923. The maximum absolute atomic E-state index is 12.6. The van der Waals surface area contributed by atoms with Crippen molar-refractivity contribution in [1.82, 2.24) is 0 Å². The Bertz CT molecular complexity index is 728. The van der Waals surface area contributed by atoms with Gasteiger partial charge >= 0.3 is 17.9 Å². The molecule has 0 aliphatic rings. The Kier molecular flexibility index (Phi) is 33.0. The van der Waals surface area contributed by atoms with Gasteiger partial charge in [-0.05, 0) is 64.2 Å². The molecule has 0 saturated heterocycles. The van der Waals surface area contributed by atoms with Gasteiger partial charge in [0.25, 0.3) is 0 Å². The molecule has 0 aromatic heterocycles. The van der Waals surface area contributed by atoms with E-state index in [2.05, 4.69) is 27.7 Å². The lowest BCUT2D eigenvalue weighted by molar-refractivity contribution is -0.155. The number of unbranched alkanes of at least 4 members (excludes halogenated alkanes) is 14. The van der Waals surface area contributed by atoms with Crippen LogP contribution < -0.4 is 0 Å². The molecule has 0 spiro atoms. The molecule has 0 heterocycles. The largest absolute Gasteiger partial charge is 0.479 e. The van der Waals surface area contributed by atoms with Crippen molar-refractivity contribution in [2.75, 3.05) is 33.0 Å². The minimum Gasteiger partial charge on any atom is -0.479 e. The van der Waals surface area contributed by atoms with Crippen molar-refractivity contribution < 1.29 is 38.4 Å². The van der Waals surface area contributed by atoms with Crippen LogP contribution in [0.2, 0.25) is 0 Å². The highest BCUT2D eigenvalue weighted by molar-refractivity contribution is 5.73. The first-order chi connectivity index (χ1) is 22.9. The molecule has 0 radical (unpaired) electrons. The van der Waals surface area contributed by atoms with E-state index in [4.69, 9.17) is 18.9 Å². The fourth-order valence-electron chi connectivity index (χ4n) is 5.70. The molecular weight excluding hydrogens is 596 g/mol. The van der Waals surface area contributed by atoms with Gasteiger partial charge in [-0.15, -0.1) is 0 Å². The van der Waals surface area contributed by atoms with Gasteiger partial charge in [-0.25, -0.2) is 4.79 Å². The number of esters is 2. The number of aliphatic carboxylic acids is 1. The van der Waals surface area contributed by atoms with Gasteiger partial charge in [0.15, 0.2) is 6.10 Å². The van der Waals surface area contributed by atoms with Crippen LogP contribution in [-0.2, 0) is 33.3 Å². The first-order valence-corrected chi connectivity index (χ1v) is 19.7. The third-order valence-corrected chi connectivity index (χ3v) is 8.87. The summed E-state index contributed by atoms with van der Waals surface area (Å²) in [6, 6.07) is 0. The molecule has 0 amide bonds. The van der Waals surface area contributed by atoms with Crippen molar-refractivity contribution in [3.8, 4) is 0 Å². The van der Waals surface area contributed by atoms with E-state index in [0.717, 1.165) is 116 Å². The summed E-state index contributed by atoms with van der Waals surface area (Å²) >= 11 is 0. The van der Waals surface area contributed by atoms with Crippen LogP contribution in [0.25, 0.3) is 0 Å². The van der Waals surface area contributed by atoms with Crippen molar-refractivity contribution in [1.29, 1.82) is 0 Å². The van der Waals surface area contributed by atoms with Crippen LogP contribution in [0.1, 0.15) is 182 Å². The summed E-state index contributed by atoms with van der Waals surface area (Å²) in [5.74, 6) is -1.00. The summed E-state index contributed by atoms with van der Waals surface area (Å²) < 4.78 is 22.4. The number of carbonyl (C=O) groups excluding carboxylic acids is 2. The first kappa shape index (κ1) is 45.3. The third kappa shape index (κ3) is 27.9. The topological polar surface area (TPSA) is 108 Å². The van der Waals surface area contributed by atoms with Crippen LogP contribution in [0.5, 0.6) is 0 Å². The SMILES string of the molecule is CCCCCCC(CCCC)C(=O)OCCCCCCOCC(OCCCCCCOC(=O)C(CCCC)CCCCCC)C(=O)O. The Labute approximate surface area is 288 Å². The minimum absolute atomic E-state index is 0.0295. The number of rotatable bonds is 36. The molecule has 0 aromatic carbocycles. The second-order valence-electron chi connectivity index (χ2n) is 13.3. The molecule has 8 heteroatoms. The Hall–Kier alpha value is -1.67. The highest BCUT2D eigenvalue weighted by atomic mass is 16.6. The van der Waals surface area contributed by atoms with Crippen molar-refractivity contribution in [3.63, 3.8) is 0 Å². The molecule has 8 nitrogen and oxygen atoms in total. The maximum atomic E-state index is 12.6. The zero-order valence-corrected chi connectivity index (χ0v) is 31.0. The summed E-state index contributed by atoms with van der Waals surface area (Å²) in [6.45, 7) is 10.5. The fourth-order valence-corrected chi connectivity index (χ4v) is 5.70. The monoisotopic (exact) mass is 671 g/mol. The van der Waals surface area contributed by atoms with Crippen molar-refractivity contribution in [2.45, 2.75) is 188 Å². The van der Waals surface area contributed by atoms with Gasteiger partial charge in [0.1, 0.15) is 0 Å². The van der Waals surface area contributed by atoms with E-state index >= 15 is 0 Å². The molecule has 0 fully saturated rings. The summed E-state index contributed by atoms with van der Waals surface area (Å²) in [4.78, 5) is 36.7. The van der Waals surface area contributed by atoms with Gasteiger partial charge in [-0.1, -0.05) is 118 Å². The Balaban J connectivity index is 3.94. The van der Waals surface area contributed by atoms with Crippen LogP contribution >= 0.6 is 0 Å². The second kappa shape index (κ2) is 34.2. The summed E-state index contributed by atoms with van der Waals surface area (Å²) in [5.41, 5.74) is 0. The average molecular weight is 671 g/mol. The Morgan fingerprint density at radius 2 is 0.851 bits per heavy atom. The number of hydrogen-bond donors (Lipinski definition) is 1. The molecule has 0 aromatic rings. The lowest BCUT2D eigenvalue weighted by Crippen LogP contribution is -2.29. The van der Waals surface area contributed by atoms with Gasteiger partial charge in [-0.2, -0.15) is 0 Å². The first-order valence-electron chi connectivity index (χ1n) is 19.7. The molecule has 3 unspecified atom stereocenters. The van der Waals surface area contributed by atoms with Gasteiger partial charge in [0.2, 0.25) is 0 Å². The van der Waals surface area contributed by atoms with Crippen LogP contribution in [0.15, 0.2) is 0 Å². The summed E-state index contributed by atoms with van der Waals surface area (Å²) in [6.07, 6.45) is 23.4. The van der Waals surface area contributed by atoms with Gasteiger partial charge in [-0.3, -0.25) is 9.59 Å². The maximum Gasteiger partial charge on any atom is 0.335 e. The number of carboxylic acid groups (broad SMARTS) is 1. The van der Waals surface area contributed by atoms with E-state index < -0.39 is 12.1 Å². The smallest absolute Gasteiger partial charge is 0.335 e. The third-order valence-electron chi connectivity index (χ3n) is 8.87. The molecule has 0 bridgehead atoms. The zero-order valence-electron chi connectivity index (χ0n) is 31.0. The Morgan fingerprint density at radius 1 is 0.468 bits per heavy atom. The number of hydrogen-bond acceptors (Lipinski definition) is 7. The number of carboxylic acids is 1. The summed E-state index contributed by atoms with van der Waals surface area (Å²) in [7, 11) is 0. The van der Waals surface area contributed by atoms with E-state index in [1.807, 2.05) is 0 Å². The highest BCUT2D eigenvalue weighted by Crippen LogP contribution is 2.20. The molecule has 47 heavy (non-hydrogen) atoms. The standard InChI is InChI=1S/C39H74O8/c1-5-9-13-19-27-34(25-11-7-3)38(42)46-31-23-16-15-21-29-44-33-36(37(40)41)45-30-22-17-18-24-32-47-39(43)35(26-12-8-4)28-20-14-10-6-2/h34-36H,5-33H2,1-4H3,(H,40,41). The number of ether oxygens (including phenoxy) is 4. The predicted molar refractivity (Wildman–Crippen MR) is 191 cm³/mol. The molecule has 1 N–H and O–H groups in total. The lowest BCUT2D eigenvalue weighted by Gasteiger charge is -2.16. The van der Waals surface area contributed by atoms with Crippen molar-refractivity contribution >= 4 is 17.9 Å². The van der Waals surface area contributed by atoms with E-state index in [-0.39, 0.29) is 30.4 Å². The van der Waals surface area contributed by atoms with Gasteiger partial charge < -0.3 is 24.1 Å². The highest BCUT2D eigenvalue weighted by Gasteiger charge is 2.21. The normalized spacial score (nSPS) is 13.3. The van der Waals surface area contributed by atoms with Crippen LogP contribution in [-0.4, -0.2) is 62.2 Å². The van der Waals surface area contributed by atoms with E-state index in [0.29, 0.717) is 26.4 Å². The second-order valence-corrected chi connectivity index (χ2v) is 13.3. The zero-order chi connectivity index (χ0) is 34.8. The van der Waals surface area contributed by atoms with Crippen LogP contribution in [0.4, 0.5) is 0 Å². The molecule has 0 aliphatic heterocycles. The van der Waals surface area contributed by atoms with Crippen molar-refractivity contribution in [3.05, 3.63) is 0 Å². The summed E-state index contributed by atoms with van der Waals surface area (Å²) in [5, 5.41) is 9.49. The van der Waals surface area contributed by atoms with Crippen molar-refractivity contribution in [2.24, 2.45) is 11.8 Å². The van der Waals surface area contributed by atoms with E-state index in [9.17, 15) is 19.5 Å². The molecular formula is C39H74O8. The minimum atomic E-state index is -1.01. The number of carbonyl (C=O) groups is 3. The van der Waals surface area contributed by atoms with Gasteiger partial charge in [0, 0.05) is 13.2 Å². The molecule has 0 aliphatic carbocycles. The van der Waals surface area contributed by atoms with Gasteiger partial charge in [0.05, 0.1) is 31.7 Å². The average Bonchev–Trinajstić information content (AvgIpc) is 3.06. The predicted octanol–water partition coefficient (Wildman–Crippen LogP) is 10.2. The van der Waals surface area contributed by atoms with E-state index in [1.54, 1.807) is 0 Å². The van der Waals surface area contributed by atoms with E-state index in [1.165, 1.54) is 38.5 Å². The molecule has 3 atom stereocenters. The quantitative estimate of drug-likeness (QED) is 0.0518. The Morgan fingerprint density at radius 3 is 1.28 bits per heavy atom. The van der Waals surface area contributed by atoms with Crippen LogP contribution in [0.3, 0.4) is 0 Å². The molecule has 0 rings (SSSR count). The molecule has 278 valence electrons. The van der Waals surface area contributed by atoms with Crippen LogP contribution in [0, 0.1) is 11.8 Å².